The second kappa shape index (κ2) is 9.24. The van der Waals surface area contributed by atoms with Crippen LogP contribution in [0, 0.1) is 11.8 Å². The molecule has 2 aliphatic rings. The number of amides is 1. The Labute approximate surface area is 168 Å². The molecule has 2 saturated heterocycles. The lowest BCUT2D eigenvalue weighted by Crippen LogP contribution is -2.43. The first-order chi connectivity index (χ1) is 12.9. The molecule has 0 aromatic carbocycles. The summed E-state index contributed by atoms with van der Waals surface area (Å²) in [5.74, 6) is 2.21. The first-order valence-electron chi connectivity index (χ1n) is 10.4. The minimum atomic E-state index is 0.0417. The van der Waals surface area contributed by atoms with Crippen LogP contribution in [0.3, 0.4) is 0 Å². The van der Waals surface area contributed by atoms with Gasteiger partial charge in [-0.05, 0) is 50.5 Å². The Morgan fingerprint density at radius 2 is 1.93 bits per heavy atom. The van der Waals surface area contributed by atoms with Crippen LogP contribution in [-0.4, -0.2) is 59.5 Å². The number of piperidine rings is 2. The highest BCUT2D eigenvalue weighted by Gasteiger charge is 2.23. The Kier molecular flexibility index (Phi) is 6.99. The minimum Gasteiger partial charge on any atom is -0.365 e. The summed E-state index contributed by atoms with van der Waals surface area (Å²) in [4.78, 5) is 21.5. The van der Waals surface area contributed by atoms with Gasteiger partial charge in [-0.3, -0.25) is 4.79 Å². The van der Waals surface area contributed by atoms with Gasteiger partial charge in [0.15, 0.2) is 0 Å². The van der Waals surface area contributed by atoms with E-state index in [1.807, 2.05) is 4.90 Å². The number of aromatic nitrogens is 1. The summed E-state index contributed by atoms with van der Waals surface area (Å²) in [5.41, 5.74) is 0.582. The number of hydrogen-bond acceptors (Lipinski definition) is 4. The predicted octanol–water partition coefficient (Wildman–Crippen LogP) is 4.14. The molecule has 0 spiro atoms. The molecule has 3 atom stereocenters. The topological polar surface area (TPSA) is 48.5 Å². The monoisotopic (exact) mass is 392 g/mol. The number of carbonyl (C=O) groups excluding carboxylic acids is 1. The van der Waals surface area contributed by atoms with E-state index in [-0.39, 0.29) is 11.9 Å². The maximum absolute atomic E-state index is 12.6. The third-order valence-corrected chi connectivity index (χ3v) is 5.88. The number of nitrogens with one attached hydrogen (secondary N) is 1. The van der Waals surface area contributed by atoms with E-state index in [0.717, 1.165) is 57.4 Å². The van der Waals surface area contributed by atoms with E-state index in [0.29, 0.717) is 16.4 Å². The van der Waals surface area contributed by atoms with Gasteiger partial charge in [0.1, 0.15) is 5.82 Å². The standard InChI is InChI=1S/C21H33ClN4O/c1-15-9-16(2)13-25(12-15)14-17(3)24-20-19(22)10-18(11-23-20)21(27)26-7-5-4-6-8-26/h10-11,15-17H,4-9,12-14H2,1-3H3,(H,23,24). The van der Waals surface area contributed by atoms with Crippen LogP contribution in [0.15, 0.2) is 12.3 Å². The number of carbonyl (C=O) groups is 1. The van der Waals surface area contributed by atoms with Gasteiger partial charge in [-0.2, -0.15) is 0 Å². The van der Waals surface area contributed by atoms with Crippen LogP contribution < -0.4 is 5.32 Å². The molecule has 1 amide bonds. The molecular weight excluding hydrogens is 360 g/mol. The highest BCUT2D eigenvalue weighted by atomic mass is 35.5. The van der Waals surface area contributed by atoms with Gasteiger partial charge < -0.3 is 15.1 Å². The number of pyridine rings is 1. The number of nitrogens with zero attached hydrogens (tertiary/aromatic N) is 3. The molecule has 27 heavy (non-hydrogen) atoms. The van der Waals surface area contributed by atoms with Crippen LogP contribution in [0.4, 0.5) is 5.82 Å². The maximum atomic E-state index is 12.6. The molecule has 3 rings (SSSR count). The lowest BCUT2D eigenvalue weighted by Gasteiger charge is -2.36. The first-order valence-corrected chi connectivity index (χ1v) is 10.7. The summed E-state index contributed by atoms with van der Waals surface area (Å²) in [7, 11) is 0. The zero-order valence-electron chi connectivity index (χ0n) is 16.9. The number of halogens is 1. The van der Waals surface area contributed by atoms with Gasteiger partial charge in [-0.1, -0.05) is 25.4 Å². The van der Waals surface area contributed by atoms with Gasteiger partial charge in [0.2, 0.25) is 0 Å². The van der Waals surface area contributed by atoms with E-state index < -0.39 is 0 Å². The van der Waals surface area contributed by atoms with Gasteiger partial charge >= 0.3 is 0 Å². The molecule has 0 aliphatic carbocycles. The van der Waals surface area contributed by atoms with Crippen LogP contribution in [0.2, 0.25) is 5.02 Å². The van der Waals surface area contributed by atoms with Gasteiger partial charge in [0.25, 0.3) is 5.91 Å². The third-order valence-electron chi connectivity index (χ3n) is 5.59. The lowest BCUT2D eigenvalue weighted by atomic mass is 9.92. The predicted molar refractivity (Wildman–Crippen MR) is 111 cm³/mol. The molecule has 6 heteroatoms. The SMILES string of the molecule is CC1CC(C)CN(CC(C)Nc2ncc(C(=O)N3CCCCC3)cc2Cl)C1. The normalized spacial score (nSPS) is 25.3. The summed E-state index contributed by atoms with van der Waals surface area (Å²) in [6.45, 7) is 11.8. The fraction of sp³-hybridized carbons (Fsp3) is 0.714. The van der Waals surface area contributed by atoms with E-state index >= 15 is 0 Å². The average molecular weight is 393 g/mol. The van der Waals surface area contributed by atoms with Gasteiger partial charge in [-0.25, -0.2) is 4.98 Å². The minimum absolute atomic E-state index is 0.0417. The van der Waals surface area contributed by atoms with Gasteiger partial charge in [0, 0.05) is 45.0 Å². The van der Waals surface area contributed by atoms with Crippen molar-refractivity contribution in [3.05, 3.63) is 22.8 Å². The van der Waals surface area contributed by atoms with Crippen molar-refractivity contribution in [3.63, 3.8) is 0 Å². The highest BCUT2D eigenvalue weighted by Crippen LogP contribution is 2.24. The number of rotatable bonds is 5. The molecule has 0 radical (unpaired) electrons. The summed E-state index contributed by atoms with van der Waals surface area (Å²) >= 11 is 6.44. The van der Waals surface area contributed by atoms with Gasteiger partial charge in [-0.15, -0.1) is 0 Å². The summed E-state index contributed by atoms with van der Waals surface area (Å²) < 4.78 is 0. The van der Waals surface area contributed by atoms with Crippen molar-refractivity contribution in [2.24, 2.45) is 11.8 Å². The molecule has 0 saturated carbocycles. The zero-order chi connectivity index (χ0) is 19.4. The van der Waals surface area contributed by atoms with E-state index in [4.69, 9.17) is 11.6 Å². The van der Waals surface area contributed by atoms with Crippen molar-refractivity contribution in [1.82, 2.24) is 14.8 Å². The molecule has 1 aromatic heterocycles. The highest BCUT2D eigenvalue weighted by molar-refractivity contribution is 6.33. The third kappa shape index (κ3) is 5.58. The van der Waals surface area contributed by atoms with Crippen molar-refractivity contribution in [1.29, 1.82) is 0 Å². The van der Waals surface area contributed by atoms with Crippen molar-refractivity contribution in [3.8, 4) is 0 Å². The van der Waals surface area contributed by atoms with Crippen molar-refractivity contribution in [2.45, 2.75) is 52.5 Å². The Hall–Kier alpha value is -1.33. The van der Waals surface area contributed by atoms with E-state index in [1.165, 1.54) is 12.8 Å². The Morgan fingerprint density at radius 3 is 2.56 bits per heavy atom. The summed E-state index contributed by atoms with van der Waals surface area (Å²) in [6, 6.07) is 2.00. The largest absolute Gasteiger partial charge is 0.365 e. The second-order valence-electron chi connectivity index (χ2n) is 8.62. The molecule has 2 fully saturated rings. The van der Waals surface area contributed by atoms with Crippen LogP contribution >= 0.6 is 11.6 Å². The second-order valence-corrected chi connectivity index (χ2v) is 9.02. The zero-order valence-corrected chi connectivity index (χ0v) is 17.6. The summed E-state index contributed by atoms with van der Waals surface area (Å²) in [6.07, 6.45) is 6.34. The van der Waals surface area contributed by atoms with Crippen LogP contribution in [0.5, 0.6) is 0 Å². The molecule has 5 nitrogen and oxygen atoms in total. The quantitative estimate of drug-likeness (QED) is 0.818. The van der Waals surface area contributed by atoms with Crippen LogP contribution in [-0.2, 0) is 0 Å². The molecule has 3 heterocycles. The van der Waals surface area contributed by atoms with E-state index in [1.54, 1.807) is 12.3 Å². The average Bonchev–Trinajstić information content (AvgIpc) is 2.62. The molecule has 1 N–H and O–H groups in total. The molecular formula is C21H33ClN4O. The molecule has 3 unspecified atom stereocenters. The first kappa shape index (κ1) is 20.4. The lowest BCUT2D eigenvalue weighted by molar-refractivity contribution is 0.0724. The molecule has 2 aliphatic heterocycles. The van der Waals surface area contributed by atoms with Crippen LogP contribution in [0.1, 0.15) is 56.8 Å². The van der Waals surface area contributed by atoms with E-state index in [9.17, 15) is 4.79 Å². The summed E-state index contributed by atoms with van der Waals surface area (Å²) in [5, 5.41) is 3.94. The van der Waals surface area contributed by atoms with Crippen molar-refractivity contribution >= 4 is 23.3 Å². The van der Waals surface area contributed by atoms with E-state index in [2.05, 4.69) is 36.0 Å². The molecule has 150 valence electrons. The fourth-order valence-electron chi connectivity index (χ4n) is 4.55. The van der Waals surface area contributed by atoms with Crippen molar-refractivity contribution < 1.29 is 4.79 Å². The number of likely N-dealkylation sites (tertiary alicyclic amines) is 2. The number of anilines is 1. The fourth-order valence-corrected chi connectivity index (χ4v) is 4.77. The molecule has 0 bridgehead atoms. The van der Waals surface area contributed by atoms with Crippen LogP contribution in [0.25, 0.3) is 0 Å². The van der Waals surface area contributed by atoms with Gasteiger partial charge in [0.05, 0.1) is 10.6 Å². The number of hydrogen-bond donors (Lipinski definition) is 1. The molecule has 1 aromatic rings. The Morgan fingerprint density at radius 1 is 1.26 bits per heavy atom. The maximum Gasteiger partial charge on any atom is 0.255 e. The Bertz CT molecular complexity index is 637. The smallest absolute Gasteiger partial charge is 0.255 e. The van der Waals surface area contributed by atoms with Crippen molar-refractivity contribution in [2.75, 3.05) is 38.0 Å². The Balaban J connectivity index is 1.57.